The molecule has 0 aromatic heterocycles. The first-order chi connectivity index (χ1) is 12.3. The largest absolute Gasteiger partial charge is 0.345 e. The highest BCUT2D eigenvalue weighted by Gasteiger charge is 2.18. The summed E-state index contributed by atoms with van der Waals surface area (Å²) >= 11 is 0. The summed E-state index contributed by atoms with van der Waals surface area (Å²) in [6.45, 7) is 3.35. The van der Waals surface area contributed by atoms with E-state index < -0.39 is 20.9 Å². The van der Waals surface area contributed by atoms with Crippen LogP contribution in [0.5, 0.6) is 0 Å². The van der Waals surface area contributed by atoms with E-state index in [1.54, 1.807) is 44.2 Å². The Kier molecular flexibility index (Phi) is 6.53. The summed E-state index contributed by atoms with van der Waals surface area (Å²) in [5, 5.41) is 2.14. The summed E-state index contributed by atoms with van der Waals surface area (Å²) in [5.41, 5.74) is 0.982. The Morgan fingerprint density at radius 2 is 1.77 bits per heavy atom. The zero-order valence-electron chi connectivity index (χ0n) is 14.6. The Hall–Kier alpha value is -2.65. The third-order valence-corrected chi connectivity index (χ3v) is 5.88. The summed E-state index contributed by atoms with van der Waals surface area (Å²) in [4.78, 5) is 12.2. The maximum Gasteiger partial charge on any atom is 0.225 e. The first-order valence-electron chi connectivity index (χ1n) is 8.13. The van der Waals surface area contributed by atoms with Crippen molar-refractivity contribution in [3.8, 4) is 11.8 Å². The van der Waals surface area contributed by atoms with E-state index in [2.05, 4.69) is 17.2 Å². The van der Waals surface area contributed by atoms with Crippen LogP contribution in [0.3, 0.4) is 0 Å². The van der Waals surface area contributed by atoms with Gasteiger partial charge in [-0.3, -0.25) is 4.79 Å². The van der Waals surface area contributed by atoms with Gasteiger partial charge in [-0.2, -0.15) is 0 Å². The fourth-order valence-corrected chi connectivity index (χ4v) is 3.22. The summed E-state index contributed by atoms with van der Waals surface area (Å²) in [6, 6.07) is 12.4. The molecule has 2 rings (SSSR count). The Bertz CT molecular complexity index is 939. The second-order valence-corrected chi connectivity index (χ2v) is 8.48. The maximum atomic E-state index is 13.4. The van der Waals surface area contributed by atoms with Crippen molar-refractivity contribution < 1.29 is 17.6 Å². The number of amides is 1. The molecular formula is C20H20FNO3S. The van der Waals surface area contributed by atoms with Gasteiger partial charge in [-0.25, -0.2) is 12.8 Å². The van der Waals surface area contributed by atoms with Gasteiger partial charge < -0.3 is 5.32 Å². The lowest BCUT2D eigenvalue weighted by Gasteiger charge is -2.08. The monoisotopic (exact) mass is 373 g/mol. The van der Waals surface area contributed by atoms with E-state index in [0.717, 1.165) is 0 Å². The van der Waals surface area contributed by atoms with Crippen LogP contribution in [0, 0.1) is 17.7 Å². The van der Waals surface area contributed by atoms with Crippen molar-refractivity contribution in [2.24, 2.45) is 0 Å². The number of halogens is 1. The second-order valence-electron chi connectivity index (χ2n) is 5.97. The van der Waals surface area contributed by atoms with Crippen molar-refractivity contribution in [2.75, 3.05) is 6.54 Å². The number of sulfone groups is 1. The summed E-state index contributed by atoms with van der Waals surface area (Å²) in [5.74, 6) is 4.72. The molecule has 0 fully saturated rings. The van der Waals surface area contributed by atoms with E-state index >= 15 is 0 Å². The van der Waals surface area contributed by atoms with Crippen molar-refractivity contribution in [1.29, 1.82) is 0 Å². The van der Waals surface area contributed by atoms with Crippen molar-refractivity contribution in [2.45, 2.75) is 30.4 Å². The van der Waals surface area contributed by atoms with Crippen LogP contribution < -0.4 is 5.32 Å². The molecule has 0 spiro atoms. The fourth-order valence-electron chi connectivity index (χ4n) is 2.16. The fraction of sp³-hybridized carbons (Fsp3) is 0.250. The molecule has 0 bridgehead atoms. The highest BCUT2D eigenvalue weighted by molar-refractivity contribution is 7.92. The third kappa shape index (κ3) is 5.17. The summed E-state index contributed by atoms with van der Waals surface area (Å²) < 4.78 is 37.5. The van der Waals surface area contributed by atoms with E-state index in [0.29, 0.717) is 5.56 Å². The van der Waals surface area contributed by atoms with Gasteiger partial charge in [0.2, 0.25) is 5.91 Å². The minimum Gasteiger partial charge on any atom is -0.345 e. The molecule has 0 heterocycles. The lowest BCUT2D eigenvalue weighted by atomic mass is 10.1. The van der Waals surface area contributed by atoms with Gasteiger partial charge in [0, 0.05) is 0 Å². The van der Waals surface area contributed by atoms with E-state index in [4.69, 9.17) is 0 Å². The van der Waals surface area contributed by atoms with Crippen LogP contribution in [-0.4, -0.2) is 26.1 Å². The van der Waals surface area contributed by atoms with Crippen molar-refractivity contribution >= 4 is 15.7 Å². The SMILES string of the molecule is CC(C)S(=O)(=O)c1ccc(CC(=O)NCC#Cc2ccccc2F)cc1. The normalized spacial score (nSPS) is 10.9. The molecule has 0 aliphatic carbocycles. The zero-order valence-corrected chi connectivity index (χ0v) is 15.4. The smallest absolute Gasteiger partial charge is 0.225 e. The predicted molar refractivity (Wildman–Crippen MR) is 98.8 cm³/mol. The van der Waals surface area contributed by atoms with Crippen molar-refractivity contribution in [3.05, 3.63) is 65.5 Å². The number of carbonyl (C=O) groups excluding carboxylic acids is 1. The molecule has 4 nitrogen and oxygen atoms in total. The average Bonchev–Trinajstić information content (AvgIpc) is 2.60. The molecule has 6 heteroatoms. The van der Waals surface area contributed by atoms with Gasteiger partial charge in [-0.1, -0.05) is 36.1 Å². The Labute approximate surface area is 153 Å². The highest BCUT2D eigenvalue weighted by Crippen LogP contribution is 2.16. The molecule has 0 aliphatic rings. The first-order valence-corrected chi connectivity index (χ1v) is 9.68. The number of carbonyl (C=O) groups is 1. The van der Waals surface area contributed by atoms with Crippen LogP contribution in [0.15, 0.2) is 53.4 Å². The Balaban J connectivity index is 1.90. The number of hydrogen-bond acceptors (Lipinski definition) is 3. The maximum absolute atomic E-state index is 13.4. The van der Waals surface area contributed by atoms with Gasteiger partial charge in [0.1, 0.15) is 5.82 Å². The van der Waals surface area contributed by atoms with Crippen molar-refractivity contribution in [3.63, 3.8) is 0 Å². The van der Waals surface area contributed by atoms with E-state index in [1.165, 1.54) is 18.2 Å². The Morgan fingerprint density at radius 3 is 2.38 bits per heavy atom. The first kappa shape index (κ1) is 19.7. The molecular weight excluding hydrogens is 353 g/mol. The number of hydrogen-bond donors (Lipinski definition) is 1. The molecule has 1 N–H and O–H groups in total. The summed E-state index contributed by atoms with van der Waals surface area (Å²) in [7, 11) is -3.32. The van der Waals surface area contributed by atoms with Gasteiger partial charge in [-0.05, 0) is 43.7 Å². The molecule has 0 radical (unpaired) electrons. The van der Waals surface area contributed by atoms with E-state index in [-0.39, 0.29) is 29.3 Å². The quantitative estimate of drug-likeness (QED) is 0.820. The van der Waals surface area contributed by atoms with Gasteiger partial charge in [0.15, 0.2) is 9.84 Å². The highest BCUT2D eigenvalue weighted by atomic mass is 32.2. The van der Waals surface area contributed by atoms with Crippen LogP contribution in [0.4, 0.5) is 4.39 Å². The van der Waals surface area contributed by atoms with Crippen molar-refractivity contribution in [1.82, 2.24) is 5.32 Å². The standard InChI is InChI=1S/C20H20FNO3S/c1-15(2)26(24,25)18-11-9-16(10-12-18)14-20(23)22-13-5-7-17-6-3-4-8-19(17)21/h3-4,6,8-12,15H,13-14H2,1-2H3,(H,22,23). The lowest BCUT2D eigenvalue weighted by Crippen LogP contribution is -2.25. The molecule has 26 heavy (non-hydrogen) atoms. The van der Waals surface area contributed by atoms with E-state index in [9.17, 15) is 17.6 Å². The van der Waals surface area contributed by atoms with Crippen LogP contribution in [0.1, 0.15) is 25.0 Å². The minimum absolute atomic E-state index is 0.104. The molecule has 0 atom stereocenters. The number of nitrogens with one attached hydrogen (secondary N) is 1. The van der Waals surface area contributed by atoms with Crippen LogP contribution in [-0.2, 0) is 21.1 Å². The second kappa shape index (κ2) is 8.63. The third-order valence-electron chi connectivity index (χ3n) is 3.71. The van der Waals surface area contributed by atoms with Crippen LogP contribution >= 0.6 is 0 Å². The van der Waals surface area contributed by atoms with E-state index in [1.807, 2.05) is 0 Å². The molecule has 0 saturated heterocycles. The zero-order chi connectivity index (χ0) is 19.2. The average molecular weight is 373 g/mol. The number of rotatable bonds is 5. The molecule has 2 aromatic carbocycles. The Morgan fingerprint density at radius 1 is 1.12 bits per heavy atom. The van der Waals surface area contributed by atoms with Gasteiger partial charge >= 0.3 is 0 Å². The minimum atomic E-state index is -3.32. The molecule has 2 aromatic rings. The van der Waals surface area contributed by atoms with Gasteiger partial charge in [0.05, 0.1) is 28.7 Å². The van der Waals surface area contributed by atoms with Crippen LogP contribution in [0.2, 0.25) is 0 Å². The van der Waals surface area contributed by atoms with Gasteiger partial charge in [0.25, 0.3) is 0 Å². The van der Waals surface area contributed by atoms with Gasteiger partial charge in [-0.15, -0.1) is 0 Å². The topological polar surface area (TPSA) is 63.2 Å². The lowest BCUT2D eigenvalue weighted by molar-refractivity contribution is -0.120. The molecule has 0 aliphatic heterocycles. The number of benzene rings is 2. The molecule has 1 amide bonds. The molecule has 136 valence electrons. The molecule has 0 saturated carbocycles. The molecule has 0 unspecified atom stereocenters. The van der Waals surface area contributed by atoms with Crippen LogP contribution in [0.25, 0.3) is 0 Å². The summed E-state index contributed by atoms with van der Waals surface area (Å²) in [6.07, 6.45) is 0.114. The predicted octanol–water partition coefficient (Wildman–Crippen LogP) is 2.72.